The van der Waals surface area contributed by atoms with E-state index in [0.717, 1.165) is 11.3 Å². The lowest BCUT2D eigenvalue weighted by Gasteiger charge is -2.04. The van der Waals surface area contributed by atoms with Crippen molar-refractivity contribution in [1.82, 2.24) is 20.2 Å². The van der Waals surface area contributed by atoms with Crippen LogP contribution in [0.1, 0.15) is 11.3 Å². The molecule has 0 radical (unpaired) electrons. The van der Waals surface area contributed by atoms with Crippen molar-refractivity contribution in [2.24, 2.45) is 0 Å². The highest BCUT2D eigenvalue weighted by Crippen LogP contribution is 2.09. The second kappa shape index (κ2) is 4.61. The summed E-state index contributed by atoms with van der Waals surface area (Å²) in [6.45, 7) is 2.60. The van der Waals surface area contributed by atoms with E-state index in [2.05, 4.69) is 25.5 Å². The molecule has 16 heavy (non-hydrogen) atoms. The molecule has 0 spiro atoms. The first kappa shape index (κ1) is 10.4. The summed E-state index contributed by atoms with van der Waals surface area (Å²) >= 11 is 0. The zero-order valence-corrected chi connectivity index (χ0v) is 9.19. The molecule has 6 nitrogen and oxygen atoms in total. The van der Waals surface area contributed by atoms with Crippen molar-refractivity contribution >= 4 is 5.95 Å². The first-order valence-corrected chi connectivity index (χ1v) is 4.89. The molecule has 0 unspecified atom stereocenters. The Labute approximate surface area is 93.1 Å². The number of anilines is 1. The van der Waals surface area contributed by atoms with Crippen molar-refractivity contribution < 1.29 is 4.74 Å². The molecule has 0 amide bonds. The van der Waals surface area contributed by atoms with E-state index in [1.54, 1.807) is 25.6 Å². The van der Waals surface area contributed by atoms with Crippen LogP contribution in [0.4, 0.5) is 5.95 Å². The molecule has 2 N–H and O–H groups in total. The maximum atomic E-state index is 5.01. The molecular weight excluding hydrogens is 206 g/mol. The number of ether oxygens (including phenoxy) is 1. The normalized spacial score (nSPS) is 10.1. The molecule has 0 saturated heterocycles. The Morgan fingerprint density at radius 1 is 1.50 bits per heavy atom. The Balaban J connectivity index is 2.02. The molecule has 6 heteroatoms. The van der Waals surface area contributed by atoms with E-state index >= 15 is 0 Å². The first-order valence-electron chi connectivity index (χ1n) is 4.89. The van der Waals surface area contributed by atoms with Gasteiger partial charge in [0.2, 0.25) is 11.8 Å². The van der Waals surface area contributed by atoms with E-state index in [4.69, 9.17) is 4.74 Å². The molecule has 2 rings (SSSR count). The average Bonchev–Trinajstić information content (AvgIpc) is 2.72. The first-order chi connectivity index (χ1) is 7.79. The van der Waals surface area contributed by atoms with Crippen LogP contribution in [0.3, 0.4) is 0 Å². The number of aromatic amines is 1. The van der Waals surface area contributed by atoms with Crippen LogP contribution in [0.2, 0.25) is 0 Å². The average molecular weight is 219 g/mol. The van der Waals surface area contributed by atoms with Crippen LogP contribution >= 0.6 is 0 Å². The van der Waals surface area contributed by atoms with Crippen molar-refractivity contribution in [2.75, 3.05) is 12.4 Å². The van der Waals surface area contributed by atoms with Gasteiger partial charge in [0.05, 0.1) is 13.3 Å². The van der Waals surface area contributed by atoms with Crippen LogP contribution in [-0.4, -0.2) is 27.3 Å². The number of rotatable bonds is 4. The van der Waals surface area contributed by atoms with Gasteiger partial charge in [-0.05, 0) is 6.92 Å². The largest absolute Gasteiger partial charge is 0.481 e. The molecule has 0 aliphatic rings. The zero-order chi connectivity index (χ0) is 11.4. The summed E-state index contributed by atoms with van der Waals surface area (Å²) in [5.41, 5.74) is 2.13. The fraction of sp³-hybridized carbons (Fsp3) is 0.300. The van der Waals surface area contributed by atoms with Gasteiger partial charge in [-0.3, -0.25) is 5.10 Å². The van der Waals surface area contributed by atoms with E-state index in [0.29, 0.717) is 18.4 Å². The summed E-state index contributed by atoms with van der Waals surface area (Å²) in [7, 11) is 1.58. The number of aryl methyl sites for hydroxylation is 1. The van der Waals surface area contributed by atoms with Crippen LogP contribution in [0.5, 0.6) is 5.88 Å². The number of nitrogens with zero attached hydrogens (tertiary/aromatic N) is 3. The summed E-state index contributed by atoms with van der Waals surface area (Å²) in [5, 5.41) is 9.91. The third-order valence-electron chi connectivity index (χ3n) is 2.21. The SMILES string of the molecule is COc1ccnc(NCc2cn[nH]c2C)n1. The molecule has 0 aliphatic heterocycles. The monoisotopic (exact) mass is 219 g/mol. The number of nitrogens with one attached hydrogen (secondary N) is 2. The van der Waals surface area contributed by atoms with Gasteiger partial charge in [0.25, 0.3) is 0 Å². The van der Waals surface area contributed by atoms with Gasteiger partial charge >= 0.3 is 0 Å². The molecule has 2 heterocycles. The van der Waals surface area contributed by atoms with Crippen LogP contribution in [-0.2, 0) is 6.54 Å². The maximum Gasteiger partial charge on any atom is 0.226 e. The fourth-order valence-electron chi connectivity index (χ4n) is 1.27. The van der Waals surface area contributed by atoms with Crippen LogP contribution in [0.15, 0.2) is 18.5 Å². The number of aromatic nitrogens is 4. The predicted octanol–water partition coefficient (Wildman–Crippen LogP) is 1.13. The lowest BCUT2D eigenvalue weighted by atomic mass is 10.3. The number of H-pyrrole nitrogens is 1. The minimum Gasteiger partial charge on any atom is -0.481 e. The third kappa shape index (κ3) is 2.28. The van der Waals surface area contributed by atoms with E-state index in [-0.39, 0.29) is 0 Å². The Morgan fingerprint density at radius 2 is 2.38 bits per heavy atom. The molecule has 2 aromatic heterocycles. The summed E-state index contributed by atoms with van der Waals surface area (Å²) in [6.07, 6.45) is 3.43. The van der Waals surface area contributed by atoms with Gasteiger partial charge in [0.1, 0.15) is 0 Å². The summed E-state index contributed by atoms with van der Waals surface area (Å²) in [4.78, 5) is 8.23. The predicted molar refractivity (Wildman–Crippen MR) is 59.2 cm³/mol. The number of hydrogen-bond acceptors (Lipinski definition) is 5. The van der Waals surface area contributed by atoms with Gasteiger partial charge in [-0.25, -0.2) is 4.98 Å². The summed E-state index contributed by atoms with van der Waals surface area (Å²) in [5.74, 6) is 1.08. The second-order valence-corrected chi connectivity index (χ2v) is 3.30. The summed E-state index contributed by atoms with van der Waals surface area (Å²) < 4.78 is 5.01. The topological polar surface area (TPSA) is 75.7 Å². The quantitative estimate of drug-likeness (QED) is 0.806. The lowest BCUT2D eigenvalue weighted by molar-refractivity contribution is 0.397. The lowest BCUT2D eigenvalue weighted by Crippen LogP contribution is -2.04. The molecule has 2 aromatic rings. The highest BCUT2D eigenvalue weighted by molar-refractivity contribution is 5.30. The van der Waals surface area contributed by atoms with E-state index in [1.165, 1.54) is 0 Å². The van der Waals surface area contributed by atoms with Crippen molar-refractivity contribution in [3.63, 3.8) is 0 Å². The third-order valence-corrected chi connectivity index (χ3v) is 2.21. The smallest absolute Gasteiger partial charge is 0.226 e. The zero-order valence-electron chi connectivity index (χ0n) is 9.19. The van der Waals surface area contributed by atoms with Gasteiger partial charge in [0, 0.05) is 30.1 Å². The second-order valence-electron chi connectivity index (χ2n) is 3.30. The van der Waals surface area contributed by atoms with Gasteiger partial charge < -0.3 is 10.1 Å². The van der Waals surface area contributed by atoms with Gasteiger partial charge in [-0.15, -0.1) is 0 Å². The van der Waals surface area contributed by atoms with Gasteiger partial charge in [0.15, 0.2) is 0 Å². The minimum absolute atomic E-state index is 0.542. The number of hydrogen-bond donors (Lipinski definition) is 2. The van der Waals surface area contributed by atoms with Gasteiger partial charge in [-0.2, -0.15) is 10.1 Å². The molecule has 0 aromatic carbocycles. The molecule has 0 bridgehead atoms. The molecule has 0 atom stereocenters. The Bertz CT molecular complexity index is 468. The molecule has 0 saturated carbocycles. The van der Waals surface area contributed by atoms with E-state index in [1.807, 2.05) is 6.92 Å². The summed E-state index contributed by atoms with van der Waals surface area (Å²) in [6, 6.07) is 1.70. The molecular formula is C10H13N5O. The van der Waals surface area contributed by atoms with Crippen molar-refractivity contribution in [2.45, 2.75) is 13.5 Å². The molecule has 84 valence electrons. The fourth-order valence-corrected chi connectivity index (χ4v) is 1.27. The Hall–Kier alpha value is -2.11. The molecule has 0 fully saturated rings. The minimum atomic E-state index is 0.542. The standard InChI is InChI=1S/C10H13N5O/c1-7-8(6-13-15-7)5-12-10-11-4-3-9(14-10)16-2/h3-4,6H,5H2,1-2H3,(H,13,15)(H,11,12,14). The van der Waals surface area contributed by atoms with Crippen molar-refractivity contribution in [3.05, 3.63) is 29.7 Å². The van der Waals surface area contributed by atoms with Crippen LogP contribution in [0, 0.1) is 6.92 Å². The molecule has 0 aliphatic carbocycles. The van der Waals surface area contributed by atoms with Crippen LogP contribution in [0.25, 0.3) is 0 Å². The Morgan fingerprint density at radius 3 is 3.06 bits per heavy atom. The highest BCUT2D eigenvalue weighted by atomic mass is 16.5. The van der Waals surface area contributed by atoms with Crippen molar-refractivity contribution in [3.8, 4) is 5.88 Å². The van der Waals surface area contributed by atoms with E-state index in [9.17, 15) is 0 Å². The Kier molecular flexibility index (Phi) is 3.00. The van der Waals surface area contributed by atoms with E-state index < -0.39 is 0 Å². The number of methoxy groups -OCH3 is 1. The maximum absolute atomic E-state index is 5.01. The van der Waals surface area contributed by atoms with Crippen molar-refractivity contribution in [1.29, 1.82) is 0 Å². The highest BCUT2D eigenvalue weighted by Gasteiger charge is 2.02. The van der Waals surface area contributed by atoms with Gasteiger partial charge in [-0.1, -0.05) is 0 Å². The van der Waals surface area contributed by atoms with Crippen LogP contribution < -0.4 is 10.1 Å².